The molecule has 5 heteroatoms. The van der Waals surface area contributed by atoms with Gasteiger partial charge < -0.3 is 0 Å². The van der Waals surface area contributed by atoms with Crippen molar-refractivity contribution in [1.82, 2.24) is 19.6 Å². The van der Waals surface area contributed by atoms with Gasteiger partial charge in [-0.25, -0.2) is 0 Å². The lowest BCUT2D eigenvalue weighted by molar-refractivity contribution is 0.890. The molecule has 13 heavy (non-hydrogen) atoms. The monoisotopic (exact) mass is 194 g/mol. The molecule has 2 heterocycles. The molecule has 0 bridgehead atoms. The molecule has 2 rings (SSSR count). The molecule has 0 radical (unpaired) electrons. The molecule has 0 aliphatic carbocycles. The summed E-state index contributed by atoms with van der Waals surface area (Å²) in [6, 6.07) is 0. The molecular weight excluding hydrogens is 184 g/mol. The van der Waals surface area contributed by atoms with Gasteiger partial charge in [0, 0.05) is 12.4 Å². The third-order valence-corrected chi connectivity index (χ3v) is 2.88. The molecular formula is C8H10N4S. The Balaban J connectivity index is 2.57. The Labute approximate surface area is 80.4 Å². The second kappa shape index (κ2) is 3.33. The number of thioether (sulfide) groups is 1. The van der Waals surface area contributed by atoms with E-state index in [2.05, 4.69) is 28.4 Å². The van der Waals surface area contributed by atoms with Crippen LogP contribution in [0.1, 0.15) is 18.0 Å². The first-order valence-electron chi connectivity index (χ1n) is 4.00. The van der Waals surface area contributed by atoms with Crippen molar-refractivity contribution < 1.29 is 0 Å². The van der Waals surface area contributed by atoms with E-state index in [1.165, 1.54) is 0 Å². The third-order valence-electron chi connectivity index (χ3n) is 1.96. The van der Waals surface area contributed by atoms with E-state index in [1.807, 2.05) is 10.6 Å². The van der Waals surface area contributed by atoms with E-state index < -0.39 is 0 Å². The van der Waals surface area contributed by atoms with Crippen LogP contribution in [-0.2, 0) is 0 Å². The normalized spacial score (nSPS) is 13.4. The van der Waals surface area contributed by atoms with Gasteiger partial charge in [0.05, 0.1) is 11.4 Å². The van der Waals surface area contributed by atoms with E-state index in [0.29, 0.717) is 5.25 Å². The lowest BCUT2D eigenvalue weighted by atomic mass is 10.4. The number of rotatable bonds is 2. The molecule has 0 saturated heterocycles. The maximum absolute atomic E-state index is 4.12. The second-order valence-electron chi connectivity index (χ2n) is 2.74. The van der Waals surface area contributed by atoms with Crippen molar-refractivity contribution in [3.05, 3.63) is 24.4 Å². The summed E-state index contributed by atoms with van der Waals surface area (Å²) in [5, 5.41) is 8.50. The Morgan fingerprint density at radius 1 is 1.46 bits per heavy atom. The van der Waals surface area contributed by atoms with E-state index in [9.17, 15) is 0 Å². The summed E-state index contributed by atoms with van der Waals surface area (Å²) in [7, 11) is 0. The maximum atomic E-state index is 4.12. The lowest BCUT2D eigenvalue weighted by Crippen LogP contribution is -1.96. The molecule has 0 spiro atoms. The van der Waals surface area contributed by atoms with Crippen LogP contribution < -0.4 is 0 Å². The van der Waals surface area contributed by atoms with Crippen molar-refractivity contribution in [2.45, 2.75) is 12.2 Å². The minimum Gasteiger partial charge on any atom is -0.283 e. The maximum Gasteiger partial charge on any atom is 0.179 e. The van der Waals surface area contributed by atoms with Gasteiger partial charge in [-0.1, -0.05) is 0 Å². The highest BCUT2D eigenvalue weighted by Crippen LogP contribution is 2.23. The quantitative estimate of drug-likeness (QED) is 0.727. The van der Waals surface area contributed by atoms with Crippen LogP contribution in [0.25, 0.3) is 5.65 Å². The summed E-state index contributed by atoms with van der Waals surface area (Å²) in [6.45, 7) is 2.11. The van der Waals surface area contributed by atoms with Gasteiger partial charge >= 0.3 is 0 Å². The van der Waals surface area contributed by atoms with E-state index in [0.717, 1.165) is 11.5 Å². The highest BCUT2D eigenvalue weighted by molar-refractivity contribution is 7.98. The first-order chi connectivity index (χ1) is 6.33. The molecule has 0 fully saturated rings. The van der Waals surface area contributed by atoms with Gasteiger partial charge in [-0.15, -0.1) is 10.2 Å². The third kappa shape index (κ3) is 1.39. The molecule has 1 unspecified atom stereocenters. The molecule has 0 aromatic carbocycles. The Bertz CT molecular complexity index is 411. The van der Waals surface area contributed by atoms with Gasteiger partial charge in [0.1, 0.15) is 5.82 Å². The minimum absolute atomic E-state index is 0.359. The smallest absolute Gasteiger partial charge is 0.179 e. The van der Waals surface area contributed by atoms with Crippen molar-refractivity contribution >= 4 is 17.4 Å². The molecule has 2 aromatic rings. The first-order valence-corrected chi connectivity index (χ1v) is 5.29. The molecule has 0 aliphatic rings. The summed E-state index contributed by atoms with van der Waals surface area (Å²) >= 11 is 1.75. The SMILES string of the molecule is CSC(C)c1nnc2cnccn12. The predicted octanol–water partition coefficient (Wildman–Crippen LogP) is 1.55. The Kier molecular flexibility index (Phi) is 2.18. The van der Waals surface area contributed by atoms with E-state index in [4.69, 9.17) is 0 Å². The van der Waals surface area contributed by atoms with Crippen molar-refractivity contribution in [3.8, 4) is 0 Å². The van der Waals surface area contributed by atoms with Crippen LogP contribution in [0.3, 0.4) is 0 Å². The van der Waals surface area contributed by atoms with Crippen LogP contribution in [0.5, 0.6) is 0 Å². The number of aromatic nitrogens is 4. The van der Waals surface area contributed by atoms with Crippen LogP contribution >= 0.6 is 11.8 Å². The minimum atomic E-state index is 0.359. The number of hydrogen-bond acceptors (Lipinski definition) is 4. The fourth-order valence-electron chi connectivity index (χ4n) is 1.15. The van der Waals surface area contributed by atoms with Gasteiger partial charge in [0.25, 0.3) is 0 Å². The Hall–Kier alpha value is -1.10. The predicted molar refractivity (Wildman–Crippen MR) is 52.7 cm³/mol. The van der Waals surface area contributed by atoms with Crippen LogP contribution in [-0.4, -0.2) is 25.8 Å². The zero-order valence-corrected chi connectivity index (χ0v) is 8.32. The van der Waals surface area contributed by atoms with Crippen molar-refractivity contribution in [1.29, 1.82) is 0 Å². The summed E-state index contributed by atoms with van der Waals surface area (Å²) in [4.78, 5) is 3.98. The van der Waals surface area contributed by atoms with Gasteiger partial charge in [0.2, 0.25) is 0 Å². The van der Waals surface area contributed by atoms with Crippen molar-refractivity contribution in [2.24, 2.45) is 0 Å². The fraction of sp³-hybridized carbons (Fsp3) is 0.375. The van der Waals surface area contributed by atoms with Crippen LogP contribution in [0.4, 0.5) is 0 Å². The van der Waals surface area contributed by atoms with E-state index in [1.54, 1.807) is 24.2 Å². The largest absolute Gasteiger partial charge is 0.283 e. The topological polar surface area (TPSA) is 43.1 Å². The first kappa shape index (κ1) is 8.50. The number of hydrogen-bond donors (Lipinski definition) is 0. The average Bonchev–Trinajstić information content (AvgIpc) is 2.60. The molecule has 0 saturated carbocycles. The Morgan fingerprint density at radius 2 is 2.31 bits per heavy atom. The summed E-state index contributed by atoms with van der Waals surface area (Å²) in [6.07, 6.45) is 7.40. The van der Waals surface area contributed by atoms with Gasteiger partial charge in [-0.2, -0.15) is 11.8 Å². The number of nitrogens with zero attached hydrogens (tertiary/aromatic N) is 4. The lowest BCUT2D eigenvalue weighted by Gasteiger charge is -2.04. The van der Waals surface area contributed by atoms with Crippen molar-refractivity contribution in [3.63, 3.8) is 0 Å². The Morgan fingerprint density at radius 3 is 3.08 bits per heavy atom. The van der Waals surface area contributed by atoms with Gasteiger partial charge in [0.15, 0.2) is 5.65 Å². The summed E-state index contributed by atoms with van der Waals surface area (Å²) < 4.78 is 1.97. The standard InChI is InChI=1S/C8H10N4S/c1-6(13-2)8-11-10-7-5-9-3-4-12(7)8/h3-6H,1-2H3. The fourth-order valence-corrected chi connectivity index (χ4v) is 1.53. The summed E-state index contributed by atoms with van der Waals surface area (Å²) in [5.74, 6) is 0.977. The average molecular weight is 194 g/mol. The van der Waals surface area contributed by atoms with E-state index >= 15 is 0 Å². The number of fused-ring (bicyclic) bond motifs is 1. The molecule has 0 N–H and O–H groups in total. The van der Waals surface area contributed by atoms with Crippen molar-refractivity contribution in [2.75, 3.05) is 6.26 Å². The van der Waals surface area contributed by atoms with Crippen LogP contribution in [0.15, 0.2) is 18.6 Å². The van der Waals surface area contributed by atoms with Crippen LogP contribution in [0.2, 0.25) is 0 Å². The zero-order valence-electron chi connectivity index (χ0n) is 7.51. The molecule has 0 aliphatic heterocycles. The highest BCUT2D eigenvalue weighted by Gasteiger charge is 2.11. The molecule has 68 valence electrons. The molecule has 0 amide bonds. The molecule has 4 nitrogen and oxygen atoms in total. The molecule has 2 aromatic heterocycles. The van der Waals surface area contributed by atoms with Crippen LogP contribution in [0, 0.1) is 0 Å². The highest BCUT2D eigenvalue weighted by atomic mass is 32.2. The second-order valence-corrected chi connectivity index (χ2v) is 3.92. The molecule has 1 atom stereocenters. The van der Waals surface area contributed by atoms with Gasteiger partial charge in [-0.3, -0.25) is 9.38 Å². The zero-order chi connectivity index (χ0) is 9.26. The van der Waals surface area contributed by atoms with Gasteiger partial charge in [-0.05, 0) is 13.2 Å². The summed E-state index contributed by atoms with van der Waals surface area (Å²) in [5.41, 5.74) is 0.804. The van der Waals surface area contributed by atoms with E-state index in [-0.39, 0.29) is 0 Å².